The molecule has 1 aliphatic rings. The van der Waals surface area contributed by atoms with Gasteiger partial charge in [0.15, 0.2) is 6.10 Å². The summed E-state index contributed by atoms with van der Waals surface area (Å²) >= 11 is 0. The summed E-state index contributed by atoms with van der Waals surface area (Å²) in [6, 6.07) is 0. The molecule has 7 nitrogen and oxygen atoms in total. The first-order valence-corrected chi connectivity index (χ1v) is 5.45. The maximum absolute atomic E-state index is 11.8. The van der Waals surface area contributed by atoms with Crippen molar-refractivity contribution in [2.24, 2.45) is 5.73 Å². The SMILES string of the molecule is CCC(OC(N)=O)C(=O)c1noc(C2CC2)n1. The Bertz CT molecular complexity index is 439. The Morgan fingerprint density at radius 3 is 2.82 bits per heavy atom. The molecule has 1 aliphatic carbocycles. The highest BCUT2D eigenvalue weighted by atomic mass is 16.6. The number of amides is 1. The maximum Gasteiger partial charge on any atom is 0.405 e. The number of carbonyl (C=O) groups is 2. The molecular formula is C10H13N3O4. The molecule has 1 aromatic heterocycles. The van der Waals surface area contributed by atoms with Crippen LogP contribution in [0.4, 0.5) is 4.79 Å². The second-order valence-electron chi connectivity index (χ2n) is 3.93. The van der Waals surface area contributed by atoms with E-state index >= 15 is 0 Å². The van der Waals surface area contributed by atoms with Gasteiger partial charge >= 0.3 is 6.09 Å². The van der Waals surface area contributed by atoms with Crippen molar-refractivity contribution in [3.8, 4) is 0 Å². The second kappa shape index (κ2) is 4.52. The van der Waals surface area contributed by atoms with Gasteiger partial charge in [0.25, 0.3) is 0 Å². The third-order valence-corrected chi connectivity index (χ3v) is 2.51. The Morgan fingerprint density at radius 2 is 2.29 bits per heavy atom. The van der Waals surface area contributed by atoms with Crippen LogP contribution < -0.4 is 5.73 Å². The van der Waals surface area contributed by atoms with Gasteiger partial charge in [-0.05, 0) is 19.3 Å². The van der Waals surface area contributed by atoms with Gasteiger partial charge in [-0.25, -0.2) is 4.79 Å². The molecule has 1 amide bonds. The van der Waals surface area contributed by atoms with E-state index < -0.39 is 18.0 Å². The van der Waals surface area contributed by atoms with Crippen molar-refractivity contribution in [3.63, 3.8) is 0 Å². The van der Waals surface area contributed by atoms with E-state index in [-0.39, 0.29) is 11.7 Å². The van der Waals surface area contributed by atoms with Crippen LogP contribution in [0.3, 0.4) is 0 Å². The minimum absolute atomic E-state index is 0.0556. The van der Waals surface area contributed by atoms with E-state index in [0.29, 0.717) is 12.3 Å². The monoisotopic (exact) mass is 239 g/mol. The summed E-state index contributed by atoms with van der Waals surface area (Å²) < 4.78 is 9.62. The molecule has 0 radical (unpaired) electrons. The van der Waals surface area contributed by atoms with Gasteiger partial charge in [0.05, 0.1) is 0 Å². The molecule has 0 spiro atoms. The molecule has 0 aliphatic heterocycles. The van der Waals surface area contributed by atoms with Crippen molar-refractivity contribution in [2.45, 2.75) is 38.2 Å². The number of carbonyl (C=O) groups excluding carboxylic acids is 2. The minimum atomic E-state index is -0.990. The number of rotatable bonds is 5. The van der Waals surface area contributed by atoms with Crippen molar-refractivity contribution in [3.05, 3.63) is 11.7 Å². The Kier molecular flexibility index (Phi) is 3.08. The Labute approximate surface area is 97.3 Å². The zero-order valence-electron chi connectivity index (χ0n) is 9.38. The highest BCUT2D eigenvalue weighted by Gasteiger charge is 2.32. The van der Waals surface area contributed by atoms with Crippen LogP contribution in [0.1, 0.15) is 48.6 Å². The van der Waals surface area contributed by atoms with E-state index in [2.05, 4.69) is 14.9 Å². The maximum atomic E-state index is 11.8. The van der Waals surface area contributed by atoms with E-state index in [4.69, 9.17) is 10.3 Å². The molecule has 2 N–H and O–H groups in total. The molecule has 2 rings (SSSR count). The number of hydrogen-bond acceptors (Lipinski definition) is 6. The summed E-state index contributed by atoms with van der Waals surface area (Å²) in [5, 5.41) is 3.59. The summed E-state index contributed by atoms with van der Waals surface area (Å²) in [6.07, 6.45) is 0.387. The molecule has 17 heavy (non-hydrogen) atoms. The number of ketones is 1. The van der Waals surface area contributed by atoms with Crippen molar-refractivity contribution in [1.82, 2.24) is 10.1 Å². The van der Waals surface area contributed by atoms with Crippen molar-refractivity contribution < 1.29 is 18.8 Å². The lowest BCUT2D eigenvalue weighted by molar-refractivity contribution is 0.0634. The number of primary amides is 1. The number of hydrogen-bond donors (Lipinski definition) is 1. The van der Waals surface area contributed by atoms with Crippen molar-refractivity contribution >= 4 is 11.9 Å². The fourth-order valence-electron chi connectivity index (χ4n) is 1.44. The van der Waals surface area contributed by atoms with Crippen molar-refractivity contribution in [2.75, 3.05) is 0 Å². The lowest BCUT2D eigenvalue weighted by Gasteiger charge is -2.10. The van der Waals surface area contributed by atoms with Crippen LogP contribution in [0, 0.1) is 0 Å². The van der Waals surface area contributed by atoms with E-state index in [1.165, 1.54) is 0 Å². The number of nitrogens with zero attached hydrogens (tertiary/aromatic N) is 2. The van der Waals surface area contributed by atoms with Gasteiger partial charge in [0.1, 0.15) is 0 Å². The van der Waals surface area contributed by atoms with E-state index in [0.717, 1.165) is 12.8 Å². The van der Waals surface area contributed by atoms with Gasteiger partial charge in [-0.3, -0.25) is 4.79 Å². The number of nitrogens with two attached hydrogens (primary N) is 1. The zero-order chi connectivity index (χ0) is 12.4. The fraction of sp³-hybridized carbons (Fsp3) is 0.600. The van der Waals surface area contributed by atoms with Gasteiger partial charge in [0.2, 0.25) is 17.5 Å². The topological polar surface area (TPSA) is 108 Å². The lowest BCUT2D eigenvalue weighted by Crippen LogP contribution is -2.30. The van der Waals surface area contributed by atoms with Crippen LogP contribution in [0.25, 0.3) is 0 Å². The normalized spacial score (nSPS) is 16.5. The Hall–Kier alpha value is -1.92. The summed E-state index contributed by atoms with van der Waals surface area (Å²) in [4.78, 5) is 26.5. The lowest BCUT2D eigenvalue weighted by atomic mass is 10.2. The van der Waals surface area contributed by atoms with Crippen LogP contribution in [0.2, 0.25) is 0 Å². The molecule has 0 saturated heterocycles. The molecule has 1 unspecified atom stereocenters. The first kappa shape index (κ1) is 11.6. The Balaban J connectivity index is 2.07. The highest BCUT2D eigenvalue weighted by molar-refractivity contribution is 5.97. The fourth-order valence-corrected chi connectivity index (χ4v) is 1.44. The van der Waals surface area contributed by atoms with Crippen LogP contribution in [0.15, 0.2) is 4.52 Å². The van der Waals surface area contributed by atoms with Gasteiger partial charge in [0, 0.05) is 5.92 Å². The minimum Gasteiger partial charge on any atom is -0.438 e. The summed E-state index contributed by atoms with van der Waals surface area (Å²) in [5.41, 5.74) is 4.87. The average molecular weight is 239 g/mol. The second-order valence-corrected chi connectivity index (χ2v) is 3.93. The number of ether oxygens (including phenoxy) is 1. The third-order valence-electron chi connectivity index (χ3n) is 2.51. The van der Waals surface area contributed by atoms with Gasteiger partial charge in [-0.2, -0.15) is 4.98 Å². The molecule has 1 heterocycles. The smallest absolute Gasteiger partial charge is 0.405 e. The molecule has 7 heteroatoms. The first-order valence-electron chi connectivity index (χ1n) is 5.45. The van der Waals surface area contributed by atoms with Crippen LogP contribution in [0.5, 0.6) is 0 Å². The van der Waals surface area contributed by atoms with Crippen molar-refractivity contribution in [1.29, 1.82) is 0 Å². The van der Waals surface area contributed by atoms with Crippen LogP contribution in [-0.4, -0.2) is 28.1 Å². The molecule has 0 aromatic carbocycles. The largest absolute Gasteiger partial charge is 0.438 e. The molecule has 1 atom stereocenters. The Morgan fingerprint density at radius 1 is 1.59 bits per heavy atom. The number of aromatic nitrogens is 2. The van der Waals surface area contributed by atoms with Crippen LogP contribution >= 0.6 is 0 Å². The molecule has 1 fully saturated rings. The molecule has 1 aromatic rings. The van der Waals surface area contributed by atoms with E-state index in [1.807, 2.05) is 0 Å². The summed E-state index contributed by atoms with van der Waals surface area (Å²) in [7, 11) is 0. The van der Waals surface area contributed by atoms with Gasteiger partial charge < -0.3 is 15.0 Å². The zero-order valence-corrected chi connectivity index (χ0v) is 9.38. The molecule has 92 valence electrons. The molecular weight excluding hydrogens is 226 g/mol. The molecule has 1 saturated carbocycles. The summed E-state index contributed by atoms with van der Waals surface area (Å²) in [5.74, 6) is 0.213. The van der Waals surface area contributed by atoms with Gasteiger partial charge in [-0.1, -0.05) is 12.1 Å². The standard InChI is InChI=1S/C10H13N3O4/c1-2-6(16-10(11)15)7(14)8-12-9(17-13-8)5-3-4-5/h5-6H,2-4H2,1H3,(H2,11,15). The predicted octanol–water partition coefficient (Wildman–Crippen LogP) is 1.00. The first-order chi connectivity index (χ1) is 8.11. The van der Waals surface area contributed by atoms with Gasteiger partial charge in [-0.15, -0.1) is 0 Å². The summed E-state index contributed by atoms with van der Waals surface area (Å²) in [6.45, 7) is 1.70. The average Bonchev–Trinajstić information content (AvgIpc) is 3.03. The molecule has 0 bridgehead atoms. The van der Waals surface area contributed by atoms with E-state index in [1.54, 1.807) is 6.92 Å². The van der Waals surface area contributed by atoms with Crippen LogP contribution in [-0.2, 0) is 4.74 Å². The number of Topliss-reactive ketones (excluding diaryl/α,β-unsaturated/α-hetero) is 1. The third kappa shape index (κ3) is 2.61. The van der Waals surface area contributed by atoms with E-state index in [9.17, 15) is 9.59 Å². The quantitative estimate of drug-likeness (QED) is 0.768. The highest BCUT2D eigenvalue weighted by Crippen LogP contribution is 2.38. The predicted molar refractivity (Wildman–Crippen MR) is 55.4 cm³/mol.